The van der Waals surface area contributed by atoms with E-state index in [9.17, 15) is 4.79 Å². The van der Waals surface area contributed by atoms with Gasteiger partial charge in [0.25, 0.3) is 0 Å². The number of nitrogens with one attached hydrogen (secondary N) is 2. The minimum atomic E-state index is -0.105. The molecule has 0 radical (unpaired) electrons. The van der Waals surface area contributed by atoms with Gasteiger partial charge >= 0.3 is 0 Å². The summed E-state index contributed by atoms with van der Waals surface area (Å²) >= 11 is 9.28. The quantitative estimate of drug-likeness (QED) is 0.759. The highest BCUT2D eigenvalue weighted by Crippen LogP contribution is 2.27. The van der Waals surface area contributed by atoms with Crippen molar-refractivity contribution in [2.75, 3.05) is 19.0 Å². The molecular formula is C17H18BrClN2O2. The molecule has 0 aliphatic heterocycles. The molecule has 0 aliphatic carbocycles. The standard InChI is InChI=1S/C17H18BrClN2O2/c1-11(12-3-8-16(23-2)15(18)9-12)20-10-17(22)21-14-6-4-13(19)5-7-14/h3-9,11,20H,10H2,1-2H3,(H,21,22)/t11-/m0/s1. The number of methoxy groups -OCH3 is 1. The van der Waals surface area contributed by atoms with E-state index in [1.54, 1.807) is 31.4 Å². The Morgan fingerprint density at radius 3 is 2.57 bits per heavy atom. The van der Waals surface area contributed by atoms with Crippen LogP contribution in [0, 0.1) is 0 Å². The zero-order chi connectivity index (χ0) is 16.8. The summed E-state index contributed by atoms with van der Waals surface area (Å²) in [5.41, 5.74) is 1.79. The molecule has 0 aliphatic rings. The summed E-state index contributed by atoms with van der Waals surface area (Å²) in [6.07, 6.45) is 0. The first-order chi connectivity index (χ1) is 11.0. The average Bonchev–Trinajstić information content (AvgIpc) is 2.54. The number of benzene rings is 2. The summed E-state index contributed by atoms with van der Waals surface area (Å²) in [5.74, 6) is 0.674. The van der Waals surface area contributed by atoms with Crippen molar-refractivity contribution in [3.8, 4) is 5.75 Å². The fraction of sp³-hybridized carbons (Fsp3) is 0.235. The lowest BCUT2D eigenvalue weighted by atomic mass is 10.1. The number of hydrogen-bond acceptors (Lipinski definition) is 3. The van der Waals surface area contributed by atoms with Gasteiger partial charge in [-0.05, 0) is 64.8 Å². The van der Waals surface area contributed by atoms with E-state index in [0.29, 0.717) is 5.02 Å². The fourth-order valence-corrected chi connectivity index (χ4v) is 2.74. The fourth-order valence-electron chi connectivity index (χ4n) is 2.05. The van der Waals surface area contributed by atoms with Crippen LogP contribution in [-0.4, -0.2) is 19.6 Å². The topological polar surface area (TPSA) is 50.4 Å². The highest BCUT2D eigenvalue weighted by atomic mass is 79.9. The molecule has 0 saturated heterocycles. The molecule has 122 valence electrons. The van der Waals surface area contributed by atoms with Crippen LogP contribution >= 0.6 is 27.5 Å². The molecule has 6 heteroatoms. The molecule has 0 aromatic heterocycles. The van der Waals surface area contributed by atoms with Gasteiger partial charge in [0.15, 0.2) is 0 Å². The van der Waals surface area contributed by atoms with Gasteiger partial charge in [-0.1, -0.05) is 17.7 Å². The molecule has 0 bridgehead atoms. The Bertz CT molecular complexity index is 677. The third-order valence-electron chi connectivity index (χ3n) is 3.37. The predicted octanol–water partition coefficient (Wildman–Crippen LogP) is 4.40. The molecular weight excluding hydrogens is 380 g/mol. The van der Waals surface area contributed by atoms with Crippen molar-refractivity contribution in [3.05, 3.63) is 57.5 Å². The molecule has 4 nitrogen and oxygen atoms in total. The molecule has 0 spiro atoms. The molecule has 0 unspecified atom stereocenters. The van der Waals surface area contributed by atoms with E-state index in [-0.39, 0.29) is 18.5 Å². The number of carbonyl (C=O) groups excluding carboxylic acids is 1. The first-order valence-electron chi connectivity index (χ1n) is 7.12. The Hall–Kier alpha value is -1.56. The van der Waals surface area contributed by atoms with Crippen molar-refractivity contribution < 1.29 is 9.53 Å². The Balaban J connectivity index is 1.88. The molecule has 0 fully saturated rings. The minimum Gasteiger partial charge on any atom is -0.496 e. The summed E-state index contributed by atoms with van der Waals surface area (Å²) in [6, 6.07) is 12.9. The molecule has 2 rings (SSSR count). The van der Waals surface area contributed by atoms with E-state index in [4.69, 9.17) is 16.3 Å². The summed E-state index contributed by atoms with van der Waals surface area (Å²) < 4.78 is 6.10. The maximum absolute atomic E-state index is 12.0. The smallest absolute Gasteiger partial charge is 0.238 e. The molecule has 23 heavy (non-hydrogen) atoms. The van der Waals surface area contributed by atoms with Gasteiger partial charge in [0.05, 0.1) is 18.1 Å². The van der Waals surface area contributed by atoms with E-state index in [0.717, 1.165) is 21.5 Å². The second-order valence-corrected chi connectivity index (χ2v) is 6.34. The monoisotopic (exact) mass is 396 g/mol. The molecule has 1 atom stereocenters. The van der Waals surface area contributed by atoms with Gasteiger partial charge in [-0.2, -0.15) is 0 Å². The second-order valence-electron chi connectivity index (χ2n) is 5.05. The first kappa shape index (κ1) is 17.8. The van der Waals surface area contributed by atoms with Crippen molar-refractivity contribution in [2.45, 2.75) is 13.0 Å². The second kappa shape index (κ2) is 8.34. The van der Waals surface area contributed by atoms with E-state index >= 15 is 0 Å². The molecule has 0 heterocycles. The van der Waals surface area contributed by atoms with Crippen molar-refractivity contribution in [2.24, 2.45) is 0 Å². The van der Waals surface area contributed by atoms with Crippen LogP contribution in [0.15, 0.2) is 46.9 Å². The number of rotatable bonds is 6. The van der Waals surface area contributed by atoms with Gasteiger partial charge < -0.3 is 15.4 Å². The molecule has 2 aromatic carbocycles. The minimum absolute atomic E-state index is 0.0353. The Labute approximate surface area is 149 Å². The zero-order valence-corrected chi connectivity index (χ0v) is 15.2. The van der Waals surface area contributed by atoms with Crippen molar-refractivity contribution >= 4 is 39.1 Å². The zero-order valence-electron chi connectivity index (χ0n) is 12.9. The summed E-state index contributed by atoms with van der Waals surface area (Å²) in [7, 11) is 1.63. The third-order valence-corrected chi connectivity index (χ3v) is 4.24. The summed E-state index contributed by atoms with van der Waals surface area (Å²) in [5, 5.41) is 6.65. The Kier molecular flexibility index (Phi) is 6.45. The van der Waals surface area contributed by atoms with E-state index in [2.05, 4.69) is 26.6 Å². The number of halogens is 2. The number of anilines is 1. The largest absolute Gasteiger partial charge is 0.496 e. The van der Waals surface area contributed by atoms with Crippen molar-refractivity contribution in [3.63, 3.8) is 0 Å². The van der Waals surface area contributed by atoms with Crippen LogP contribution in [0.25, 0.3) is 0 Å². The molecule has 2 N–H and O–H groups in total. The number of hydrogen-bond donors (Lipinski definition) is 2. The number of carbonyl (C=O) groups is 1. The molecule has 0 saturated carbocycles. The lowest BCUT2D eigenvalue weighted by Crippen LogP contribution is -2.30. The Morgan fingerprint density at radius 1 is 1.26 bits per heavy atom. The van der Waals surface area contributed by atoms with Crippen LogP contribution in [-0.2, 0) is 4.79 Å². The van der Waals surface area contributed by atoms with Crippen LogP contribution < -0.4 is 15.4 Å². The highest BCUT2D eigenvalue weighted by molar-refractivity contribution is 9.10. The van der Waals surface area contributed by atoms with Gasteiger partial charge in [0.1, 0.15) is 5.75 Å². The number of amides is 1. The van der Waals surface area contributed by atoms with Crippen LogP contribution in [0.5, 0.6) is 5.75 Å². The SMILES string of the molecule is COc1ccc([C@H](C)NCC(=O)Nc2ccc(Cl)cc2)cc1Br. The van der Waals surface area contributed by atoms with Crippen molar-refractivity contribution in [1.29, 1.82) is 0 Å². The average molecular weight is 398 g/mol. The van der Waals surface area contributed by atoms with Gasteiger partial charge in [0.2, 0.25) is 5.91 Å². The van der Waals surface area contributed by atoms with E-state index in [1.165, 1.54) is 0 Å². The van der Waals surface area contributed by atoms with Crippen LogP contribution in [0.3, 0.4) is 0 Å². The molecule has 1 amide bonds. The lowest BCUT2D eigenvalue weighted by molar-refractivity contribution is -0.115. The number of ether oxygens (including phenoxy) is 1. The van der Waals surface area contributed by atoms with Crippen molar-refractivity contribution in [1.82, 2.24) is 5.32 Å². The van der Waals surface area contributed by atoms with Gasteiger partial charge in [-0.3, -0.25) is 4.79 Å². The summed E-state index contributed by atoms with van der Waals surface area (Å²) in [4.78, 5) is 12.0. The van der Waals surface area contributed by atoms with Gasteiger partial charge in [0, 0.05) is 16.8 Å². The maximum Gasteiger partial charge on any atom is 0.238 e. The van der Waals surface area contributed by atoms with Crippen LogP contribution in [0.2, 0.25) is 5.02 Å². The van der Waals surface area contributed by atoms with Gasteiger partial charge in [-0.25, -0.2) is 0 Å². The lowest BCUT2D eigenvalue weighted by Gasteiger charge is -2.15. The Morgan fingerprint density at radius 2 is 1.96 bits per heavy atom. The first-order valence-corrected chi connectivity index (χ1v) is 8.29. The van der Waals surface area contributed by atoms with E-state index in [1.807, 2.05) is 25.1 Å². The van der Waals surface area contributed by atoms with E-state index < -0.39 is 0 Å². The van der Waals surface area contributed by atoms with Gasteiger partial charge in [-0.15, -0.1) is 0 Å². The normalized spacial score (nSPS) is 11.8. The van der Waals surface area contributed by atoms with Crippen LogP contribution in [0.4, 0.5) is 5.69 Å². The molecule has 2 aromatic rings. The third kappa shape index (κ3) is 5.23. The maximum atomic E-state index is 12.0. The summed E-state index contributed by atoms with van der Waals surface area (Å²) in [6.45, 7) is 2.22. The predicted molar refractivity (Wildman–Crippen MR) is 97.2 cm³/mol. The van der Waals surface area contributed by atoms with Crippen LogP contribution in [0.1, 0.15) is 18.5 Å². The highest BCUT2D eigenvalue weighted by Gasteiger charge is 2.10.